The van der Waals surface area contributed by atoms with Crippen LogP contribution in [-0.2, 0) is 0 Å². The molecule has 1 atom stereocenters. The number of hydrogen-bond acceptors (Lipinski definition) is 8. The van der Waals surface area contributed by atoms with E-state index < -0.39 is 12.0 Å². The summed E-state index contributed by atoms with van der Waals surface area (Å²) in [6, 6.07) is 1.36. The summed E-state index contributed by atoms with van der Waals surface area (Å²) >= 11 is 0. The summed E-state index contributed by atoms with van der Waals surface area (Å²) in [6.07, 6.45) is 6.36. The second-order valence-corrected chi connectivity index (χ2v) is 7.33. The van der Waals surface area contributed by atoms with Crippen LogP contribution in [0.2, 0.25) is 0 Å². The fraction of sp³-hybridized carbons (Fsp3) is 0.368. The van der Waals surface area contributed by atoms with Crippen molar-refractivity contribution in [1.29, 1.82) is 0 Å². The van der Waals surface area contributed by atoms with Crippen LogP contribution in [0.4, 0.5) is 26.2 Å². The first kappa shape index (κ1) is 18.5. The van der Waals surface area contributed by atoms with Crippen molar-refractivity contribution in [3.05, 3.63) is 36.7 Å². The van der Waals surface area contributed by atoms with Crippen molar-refractivity contribution >= 4 is 17.5 Å². The summed E-state index contributed by atoms with van der Waals surface area (Å²) in [4.78, 5) is 18.9. The quantitative estimate of drug-likeness (QED) is 0.696. The van der Waals surface area contributed by atoms with Gasteiger partial charge in [-0.05, 0) is 6.92 Å². The molecule has 5 heterocycles. The summed E-state index contributed by atoms with van der Waals surface area (Å²) in [5.74, 6) is -0.623. The van der Waals surface area contributed by atoms with Crippen LogP contribution >= 0.6 is 0 Å². The van der Waals surface area contributed by atoms with Crippen LogP contribution in [-0.4, -0.2) is 56.7 Å². The molecule has 30 heavy (non-hydrogen) atoms. The molecule has 0 spiro atoms. The zero-order valence-electron chi connectivity index (χ0n) is 16.3. The Kier molecular flexibility index (Phi) is 4.19. The number of nitrogens with zero attached hydrogens (tertiary/aromatic N) is 6. The first-order chi connectivity index (χ1) is 14.4. The average molecular weight is 415 g/mol. The third-order valence-corrected chi connectivity index (χ3v) is 5.08. The van der Waals surface area contributed by atoms with Crippen LogP contribution in [0.15, 0.2) is 31.0 Å². The summed E-state index contributed by atoms with van der Waals surface area (Å²) in [6.45, 7) is 1.71. The molecule has 0 aromatic carbocycles. The van der Waals surface area contributed by atoms with Crippen molar-refractivity contribution in [2.45, 2.75) is 25.3 Å². The van der Waals surface area contributed by atoms with Gasteiger partial charge >= 0.3 is 0 Å². The molecule has 0 radical (unpaired) electrons. The molecule has 11 heteroatoms. The standard InChI is InChI=1S/C19H19F2N7O2/c1-11-7-27(10-24-11)16-14(29-2)3-12(5-22-16)25-18-23-6-15-17(26-18)28-9-19(20,21)4-13(28)8-30-15/h3,5-7,10,13H,4,8-9H2,1-2H3,(H,23,25,26). The molecule has 1 N–H and O–H groups in total. The van der Waals surface area contributed by atoms with E-state index in [4.69, 9.17) is 9.47 Å². The lowest BCUT2D eigenvalue weighted by molar-refractivity contribution is 0.0211. The number of halogens is 2. The topological polar surface area (TPSA) is 90.2 Å². The number of pyridine rings is 1. The van der Waals surface area contributed by atoms with E-state index in [0.29, 0.717) is 28.8 Å². The molecule has 0 amide bonds. The van der Waals surface area contributed by atoms with E-state index in [2.05, 4.69) is 25.3 Å². The summed E-state index contributed by atoms with van der Waals surface area (Å²) in [7, 11) is 1.55. The number of rotatable bonds is 4. The minimum atomic E-state index is -2.76. The van der Waals surface area contributed by atoms with Crippen LogP contribution < -0.4 is 19.7 Å². The highest BCUT2D eigenvalue weighted by Gasteiger charge is 2.48. The predicted octanol–water partition coefficient (Wildman–Crippen LogP) is 2.72. The Morgan fingerprint density at radius 3 is 2.87 bits per heavy atom. The van der Waals surface area contributed by atoms with Crippen LogP contribution in [0.5, 0.6) is 11.5 Å². The molecule has 9 nitrogen and oxygen atoms in total. The number of alkyl halides is 2. The maximum Gasteiger partial charge on any atom is 0.267 e. The van der Waals surface area contributed by atoms with Crippen LogP contribution in [0.3, 0.4) is 0 Å². The number of imidazole rings is 1. The van der Waals surface area contributed by atoms with E-state index in [1.807, 2.05) is 13.1 Å². The Balaban J connectivity index is 1.42. The highest BCUT2D eigenvalue weighted by atomic mass is 19.3. The van der Waals surface area contributed by atoms with Gasteiger partial charge in [-0.2, -0.15) is 4.98 Å². The zero-order valence-corrected chi connectivity index (χ0v) is 16.3. The highest BCUT2D eigenvalue weighted by molar-refractivity contribution is 5.62. The molecule has 2 aliphatic rings. The van der Waals surface area contributed by atoms with E-state index in [1.165, 1.54) is 6.20 Å². The first-order valence-corrected chi connectivity index (χ1v) is 9.38. The first-order valence-electron chi connectivity index (χ1n) is 9.38. The van der Waals surface area contributed by atoms with Gasteiger partial charge in [-0.15, -0.1) is 0 Å². The average Bonchev–Trinajstić information content (AvgIpc) is 3.29. The van der Waals surface area contributed by atoms with Gasteiger partial charge in [0.05, 0.1) is 43.5 Å². The van der Waals surface area contributed by atoms with Gasteiger partial charge in [0.15, 0.2) is 23.1 Å². The largest absolute Gasteiger partial charge is 0.493 e. The van der Waals surface area contributed by atoms with Gasteiger partial charge in [-0.3, -0.25) is 4.57 Å². The van der Waals surface area contributed by atoms with Crippen LogP contribution in [0, 0.1) is 6.92 Å². The summed E-state index contributed by atoms with van der Waals surface area (Å²) in [5.41, 5.74) is 1.45. The number of fused-ring (bicyclic) bond motifs is 3. The van der Waals surface area contributed by atoms with Crippen LogP contribution in [0.1, 0.15) is 12.1 Å². The molecule has 5 rings (SSSR count). The summed E-state index contributed by atoms with van der Waals surface area (Å²) in [5, 5.41) is 3.05. The number of nitrogens with one attached hydrogen (secondary N) is 1. The number of ether oxygens (including phenoxy) is 2. The second kappa shape index (κ2) is 6.78. The molecule has 0 aliphatic carbocycles. The van der Waals surface area contributed by atoms with Crippen molar-refractivity contribution in [1.82, 2.24) is 24.5 Å². The van der Waals surface area contributed by atoms with Gasteiger partial charge < -0.3 is 19.7 Å². The molecular weight excluding hydrogens is 396 g/mol. The lowest BCUT2D eigenvalue weighted by Gasteiger charge is -2.31. The molecule has 1 fully saturated rings. The summed E-state index contributed by atoms with van der Waals surface area (Å²) < 4.78 is 40.5. The molecule has 0 saturated carbocycles. The van der Waals surface area contributed by atoms with Gasteiger partial charge in [0.2, 0.25) is 5.95 Å². The number of aryl methyl sites for hydroxylation is 1. The monoisotopic (exact) mass is 415 g/mol. The lowest BCUT2D eigenvalue weighted by Crippen LogP contribution is -2.39. The van der Waals surface area contributed by atoms with Gasteiger partial charge in [-0.1, -0.05) is 0 Å². The molecule has 156 valence electrons. The smallest absolute Gasteiger partial charge is 0.267 e. The normalized spacial score (nSPS) is 19.1. The Hall–Kier alpha value is -3.50. The van der Waals surface area contributed by atoms with Gasteiger partial charge in [0.25, 0.3) is 5.92 Å². The molecule has 2 aliphatic heterocycles. The van der Waals surface area contributed by atoms with E-state index in [-0.39, 0.29) is 25.5 Å². The van der Waals surface area contributed by atoms with Gasteiger partial charge in [0.1, 0.15) is 12.9 Å². The molecular formula is C19H19F2N7O2. The number of anilines is 3. The van der Waals surface area contributed by atoms with Crippen molar-refractivity contribution in [2.24, 2.45) is 0 Å². The predicted molar refractivity (Wildman–Crippen MR) is 104 cm³/mol. The maximum absolute atomic E-state index is 13.9. The van der Waals surface area contributed by atoms with Crippen molar-refractivity contribution in [3.8, 4) is 17.3 Å². The Labute approximate surface area is 170 Å². The van der Waals surface area contributed by atoms with E-state index >= 15 is 0 Å². The highest BCUT2D eigenvalue weighted by Crippen LogP contribution is 2.41. The number of aromatic nitrogens is 5. The van der Waals surface area contributed by atoms with E-state index in [9.17, 15) is 8.78 Å². The molecule has 3 aromatic heterocycles. The molecule has 1 saturated heterocycles. The van der Waals surface area contributed by atoms with Gasteiger partial charge in [-0.25, -0.2) is 23.7 Å². The SMILES string of the molecule is COc1cc(Nc2ncc3c(n2)N2CC(F)(F)CC2CO3)cnc1-n1cnc(C)c1. The number of methoxy groups -OCH3 is 1. The van der Waals surface area contributed by atoms with Crippen molar-refractivity contribution in [2.75, 3.05) is 30.5 Å². The fourth-order valence-corrected chi connectivity index (χ4v) is 3.73. The van der Waals surface area contributed by atoms with E-state index in [0.717, 1.165) is 5.69 Å². The minimum absolute atomic E-state index is 0.203. The molecule has 3 aromatic rings. The Morgan fingerprint density at radius 1 is 1.23 bits per heavy atom. The molecule has 1 unspecified atom stereocenters. The third-order valence-electron chi connectivity index (χ3n) is 5.08. The Bertz CT molecular complexity index is 1100. The maximum atomic E-state index is 13.9. The zero-order chi connectivity index (χ0) is 20.9. The molecule has 0 bridgehead atoms. The lowest BCUT2D eigenvalue weighted by atomic mass is 10.2. The fourth-order valence-electron chi connectivity index (χ4n) is 3.73. The second-order valence-electron chi connectivity index (χ2n) is 7.33. The van der Waals surface area contributed by atoms with Gasteiger partial charge in [0, 0.05) is 18.7 Å². The van der Waals surface area contributed by atoms with E-state index in [1.54, 1.807) is 35.2 Å². The van der Waals surface area contributed by atoms with Crippen molar-refractivity contribution in [3.63, 3.8) is 0 Å². The van der Waals surface area contributed by atoms with Crippen LogP contribution in [0.25, 0.3) is 5.82 Å². The number of hydrogen-bond donors (Lipinski definition) is 1. The minimum Gasteiger partial charge on any atom is -0.493 e. The van der Waals surface area contributed by atoms with Crippen molar-refractivity contribution < 1.29 is 18.3 Å². The Morgan fingerprint density at radius 2 is 2.10 bits per heavy atom. The third kappa shape index (κ3) is 3.25.